The van der Waals surface area contributed by atoms with Crippen molar-refractivity contribution in [2.45, 2.75) is 64.6 Å². The Morgan fingerprint density at radius 2 is 1.71 bits per heavy atom. The van der Waals surface area contributed by atoms with Crippen LogP contribution in [-0.2, 0) is 9.59 Å². The van der Waals surface area contributed by atoms with Crippen molar-refractivity contribution in [3.05, 3.63) is 27.3 Å². The zero-order valence-corrected chi connectivity index (χ0v) is 17.1. The minimum absolute atomic E-state index is 0.0210. The standard InChI is InChI=1S/C18H26IN3O2/c1-11-8-12(19)6-7-14(11)21-16(24)15(23)20-13-9-17(2,3)22-18(4,5)10-13/h6-8,13,22H,9-10H2,1-5H3,(H,20,23)(H,21,24). The van der Waals surface area contributed by atoms with Crippen LogP contribution in [0.3, 0.4) is 0 Å². The molecule has 1 saturated heterocycles. The van der Waals surface area contributed by atoms with E-state index in [1.807, 2.05) is 25.1 Å². The van der Waals surface area contributed by atoms with E-state index in [0.717, 1.165) is 22.0 Å². The third-order valence-electron chi connectivity index (χ3n) is 4.17. The minimum Gasteiger partial charge on any atom is -0.345 e. The van der Waals surface area contributed by atoms with Crippen LogP contribution in [0.25, 0.3) is 0 Å². The maximum Gasteiger partial charge on any atom is 0.313 e. The summed E-state index contributed by atoms with van der Waals surface area (Å²) in [7, 11) is 0. The van der Waals surface area contributed by atoms with Gasteiger partial charge in [-0.25, -0.2) is 0 Å². The lowest BCUT2D eigenvalue weighted by Gasteiger charge is -2.46. The third kappa shape index (κ3) is 5.17. The van der Waals surface area contributed by atoms with Gasteiger partial charge in [-0.05, 0) is 93.8 Å². The molecule has 0 saturated carbocycles. The van der Waals surface area contributed by atoms with E-state index in [4.69, 9.17) is 0 Å². The molecule has 0 aromatic heterocycles. The Balaban J connectivity index is 2.00. The second-order valence-electron chi connectivity index (χ2n) is 7.88. The van der Waals surface area contributed by atoms with Crippen molar-refractivity contribution in [3.63, 3.8) is 0 Å². The summed E-state index contributed by atoms with van der Waals surface area (Å²) >= 11 is 2.21. The van der Waals surface area contributed by atoms with E-state index >= 15 is 0 Å². The summed E-state index contributed by atoms with van der Waals surface area (Å²) < 4.78 is 1.09. The molecule has 24 heavy (non-hydrogen) atoms. The highest BCUT2D eigenvalue weighted by atomic mass is 127. The van der Waals surface area contributed by atoms with E-state index in [1.165, 1.54) is 0 Å². The van der Waals surface area contributed by atoms with Crippen LogP contribution in [0.2, 0.25) is 0 Å². The fourth-order valence-corrected chi connectivity index (χ4v) is 4.27. The van der Waals surface area contributed by atoms with Crippen LogP contribution < -0.4 is 16.0 Å². The molecule has 0 aliphatic carbocycles. The van der Waals surface area contributed by atoms with Gasteiger partial charge in [0.1, 0.15) is 0 Å². The Bertz CT molecular complexity index is 640. The predicted molar refractivity (Wildman–Crippen MR) is 105 cm³/mol. The Kier molecular flexibility index (Phi) is 5.59. The summed E-state index contributed by atoms with van der Waals surface area (Å²) in [6, 6.07) is 5.66. The van der Waals surface area contributed by atoms with Gasteiger partial charge >= 0.3 is 11.8 Å². The van der Waals surface area contributed by atoms with Gasteiger partial charge in [-0.2, -0.15) is 0 Å². The molecule has 5 nitrogen and oxygen atoms in total. The highest BCUT2D eigenvalue weighted by Gasteiger charge is 2.38. The molecule has 1 heterocycles. The summed E-state index contributed by atoms with van der Waals surface area (Å²) in [5.74, 6) is -1.19. The molecule has 1 aliphatic rings. The molecular formula is C18H26IN3O2. The minimum atomic E-state index is -0.617. The molecule has 0 spiro atoms. The van der Waals surface area contributed by atoms with Gasteiger partial charge in [0.25, 0.3) is 0 Å². The van der Waals surface area contributed by atoms with Crippen LogP contribution >= 0.6 is 22.6 Å². The highest BCUT2D eigenvalue weighted by molar-refractivity contribution is 14.1. The number of amides is 2. The molecule has 1 aromatic rings. The lowest BCUT2D eigenvalue weighted by molar-refractivity contribution is -0.137. The second-order valence-corrected chi connectivity index (χ2v) is 9.13. The number of carbonyl (C=O) groups excluding carboxylic acids is 2. The largest absolute Gasteiger partial charge is 0.345 e. The Hall–Kier alpha value is -1.15. The number of aryl methyl sites for hydroxylation is 1. The number of piperidine rings is 1. The number of nitrogens with one attached hydrogen (secondary N) is 3. The van der Waals surface area contributed by atoms with Crippen LogP contribution in [0, 0.1) is 10.5 Å². The van der Waals surface area contributed by atoms with Crippen LogP contribution in [0.5, 0.6) is 0 Å². The topological polar surface area (TPSA) is 70.2 Å². The molecule has 3 N–H and O–H groups in total. The van der Waals surface area contributed by atoms with E-state index < -0.39 is 11.8 Å². The zero-order valence-electron chi connectivity index (χ0n) is 14.9. The molecule has 2 amide bonds. The number of benzene rings is 1. The molecule has 0 unspecified atom stereocenters. The number of hydrogen-bond donors (Lipinski definition) is 3. The van der Waals surface area contributed by atoms with Gasteiger partial charge in [-0.1, -0.05) is 0 Å². The number of rotatable bonds is 2. The monoisotopic (exact) mass is 443 g/mol. The van der Waals surface area contributed by atoms with E-state index in [-0.39, 0.29) is 17.1 Å². The maximum absolute atomic E-state index is 12.3. The SMILES string of the molecule is Cc1cc(I)ccc1NC(=O)C(=O)NC1CC(C)(C)NC(C)(C)C1. The summed E-state index contributed by atoms with van der Waals surface area (Å²) in [6.07, 6.45) is 1.58. The molecular weight excluding hydrogens is 417 g/mol. The molecule has 2 rings (SSSR count). The fraction of sp³-hybridized carbons (Fsp3) is 0.556. The van der Waals surface area contributed by atoms with Gasteiger partial charge in [0.2, 0.25) is 0 Å². The van der Waals surface area contributed by atoms with Gasteiger partial charge in [-0.15, -0.1) is 0 Å². The molecule has 0 bridgehead atoms. The summed E-state index contributed by atoms with van der Waals surface area (Å²) in [4.78, 5) is 24.5. The van der Waals surface area contributed by atoms with Gasteiger partial charge in [0.05, 0.1) is 0 Å². The van der Waals surface area contributed by atoms with Crippen LogP contribution in [0.15, 0.2) is 18.2 Å². The first kappa shape index (κ1) is 19.2. The average Bonchev–Trinajstić information content (AvgIpc) is 2.38. The summed E-state index contributed by atoms with van der Waals surface area (Å²) in [5.41, 5.74) is 1.44. The number of carbonyl (C=O) groups is 2. The van der Waals surface area contributed by atoms with Crippen molar-refractivity contribution < 1.29 is 9.59 Å². The lowest BCUT2D eigenvalue weighted by atomic mass is 9.79. The van der Waals surface area contributed by atoms with Crippen molar-refractivity contribution in [3.8, 4) is 0 Å². The zero-order chi connectivity index (χ0) is 18.1. The van der Waals surface area contributed by atoms with Crippen molar-refractivity contribution >= 4 is 40.1 Å². The molecule has 0 atom stereocenters. The first-order valence-electron chi connectivity index (χ1n) is 8.15. The predicted octanol–water partition coefficient (Wildman–Crippen LogP) is 2.96. The molecule has 6 heteroatoms. The van der Waals surface area contributed by atoms with Gasteiger partial charge in [-0.3, -0.25) is 9.59 Å². The van der Waals surface area contributed by atoms with E-state index in [1.54, 1.807) is 0 Å². The Labute approximate surface area is 157 Å². The molecule has 1 aromatic carbocycles. The molecule has 1 aliphatic heterocycles. The quantitative estimate of drug-likeness (QED) is 0.487. The highest BCUT2D eigenvalue weighted by Crippen LogP contribution is 2.28. The lowest BCUT2D eigenvalue weighted by Crippen LogP contribution is -2.62. The fourth-order valence-electron chi connectivity index (χ4n) is 3.62. The molecule has 132 valence electrons. The summed E-state index contributed by atoms with van der Waals surface area (Å²) in [5, 5.41) is 9.15. The van der Waals surface area contributed by atoms with Crippen molar-refractivity contribution in [2.75, 3.05) is 5.32 Å². The van der Waals surface area contributed by atoms with Crippen molar-refractivity contribution in [2.24, 2.45) is 0 Å². The normalized spacial score (nSPS) is 19.6. The van der Waals surface area contributed by atoms with Crippen LogP contribution in [0.1, 0.15) is 46.1 Å². The van der Waals surface area contributed by atoms with E-state index in [9.17, 15) is 9.59 Å². The van der Waals surface area contributed by atoms with Crippen molar-refractivity contribution in [1.29, 1.82) is 0 Å². The third-order valence-corrected chi connectivity index (χ3v) is 4.84. The van der Waals surface area contributed by atoms with Gasteiger partial charge in [0, 0.05) is 26.4 Å². The Morgan fingerprint density at radius 3 is 2.25 bits per heavy atom. The maximum atomic E-state index is 12.3. The second kappa shape index (κ2) is 7.00. The van der Waals surface area contributed by atoms with Crippen LogP contribution in [-0.4, -0.2) is 28.9 Å². The number of halogens is 1. The van der Waals surface area contributed by atoms with Gasteiger partial charge in [0.15, 0.2) is 0 Å². The van der Waals surface area contributed by atoms with Crippen LogP contribution in [0.4, 0.5) is 5.69 Å². The molecule has 0 radical (unpaired) electrons. The average molecular weight is 443 g/mol. The van der Waals surface area contributed by atoms with E-state index in [2.05, 4.69) is 66.2 Å². The Morgan fingerprint density at radius 1 is 1.12 bits per heavy atom. The first-order valence-corrected chi connectivity index (χ1v) is 9.23. The number of anilines is 1. The summed E-state index contributed by atoms with van der Waals surface area (Å²) in [6.45, 7) is 10.4. The van der Waals surface area contributed by atoms with Crippen molar-refractivity contribution in [1.82, 2.24) is 10.6 Å². The van der Waals surface area contributed by atoms with Gasteiger partial charge < -0.3 is 16.0 Å². The van der Waals surface area contributed by atoms with E-state index in [0.29, 0.717) is 5.69 Å². The first-order chi connectivity index (χ1) is 11.0. The molecule has 1 fully saturated rings. The number of hydrogen-bond acceptors (Lipinski definition) is 3. The smallest absolute Gasteiger partial charge is 0.313 e.